The molecule has 2 nitrogen and oxygen atoms in total. The van der Waals surface area contributed by atoms with Gasteiger partial charge in [-0.1, -0.05) is 49.9 Å². The zero-order valence-electron chi connectivity index (χ0n) is 13.4. The maximum atomic E-state index is 4.67. The van der Waals surface area contributed by atoms with Crippen molar-refractivity contribution in [3.05, 3.63) is 54.2 Å². The summed E-state index contributed by atoms with van der Waals surface area (Å²) in [6, 6.07) is 15.4. The van der Waals surface area contributed by atoms with Crippen molar-refractivity contribution in [1.29, 1.82) is 0 Å². The van der Waals surface area contributed by atoms with E-state index in [0.29, 0.717) is 6.04 Å². The quantitative estimate of drug-likeness (QED) is 0.770. The van der Waals surface area contributed by atoms with Crippen LogP contribution in [0.1, 0.15) is 38.3 Å². The van der Waals surface area contributed by atoms with Crippen molar-refractivity contribution in [2.24, 2.45) is 5.92 Å². The second-order valence-corrected chi connectivity index (χ2v) is 7.49. The van der Waals surface area contributed by atoms with Crippen LogP contribution in [0.25, 0.3) is 0 Å². The van der Waals surface area contributed by atoms with Crippen LogP contribution < -0.4 is 0 Å². The zero-order chi connectivity index (χ0) is 15.4. The van der Waals surface area contributed by atoms with Gasteiger partial charge in [-0.3, -0.25) is 4.90 Å². The minimum atomic E-state index is 0.561. The van der Waals surface area contributed by atoms with E-state index in [0.717, 1.165) is 10.9 Å². The fourth-order valence-electron chi connectivity index (χ4n) is 3.15. The molecule has 0 bridgehead atoms. The van der Waals surface area contributed by atoms with Gasteiger partial charge in [0.25, 0.3) is 0 Å². The second-order valence-electron chi connectivity index (χ2n) is 6.39. The van der Waals surface area contributed by atoms with Gasteiger partial charge in [-0.2, -0.15) is 0 Å². The highest BCUT2D eigenvalue weighted by Crippen LogP contribution is 2.33. The minimum absolute atomic E-state index is 0.561. The average Bonchev–Trinajstić information content (AvgIpc) is 2.96. The topological polar surface area (TPSA) is 16.1 Å². The molecule has 1 unspecified atom stereocenters. The molecule has 0 radical (unpaired) electrons. The minimum Gasteiger partial charge on any atom is -0.296 e. The first-order valence-corrected chi connectivity index (χ1v) is 8.97. The summed E-state index contributed by atoms with van der Waals surface area (Å²) in [4.78, 5) is 8.53. The molecule has 22 heavy (non-hydrogen) atoms. The molecule has 2 heterocycles. The molecule has 3 rings (SSSR count). The van der Waals surface area contributed by atoms with Crippen LogP contribution in [0.4, 0.5) is 0 Å². The molecule has 0 amide bonds. The Hall–Kier alpha value is -1.32. The SMILES string of the molecule is CC(C)CN1CCCC1c1ccc(Sc2ccccc2)nc1. The monoisotopic (exact) mass is 312 g/mol. The van der Waals surface area contributed by atoms with E-state index in [1.54, 1.807) is 11.8 Å². The molecular formula is C19H24N2S. The zero-order valence-corrected chi connectivity index (χ0v) is 14.2. The van der Waals surface area contributed by atoms with E-state index < -0.39 is 0 Å². The van der Waals surface area contributed by atoms with Crippen molar-refractivity contribution in [2.45, 2.75) is 42.7 Å². The third kappa shape index (κ3) is 3.90. The lowest BCUT2D eigenvalue weighted by atomic mass is 10.1. The number of rotatable bonds is 5. The molecule has 0 saturated carbocycles. The normalized spacial score (nSPS) is 19.0. The Morgan fingerprint density at radius 2 is 2.00 bits per heavy atom. The van der Waals surface area contributed by atoms with E-state index in [1.807, 2.05) is 6.07 Å². The first kappa shape index (κ1) is 15.6. The molecule has 1 aliphatic heterocycles. The van der Waals surface area contributed by atoms with Crippen LogP contribution in [0.15, 0.2) is 58.6 Å². The van der Waals surface area contributed by atoms with Crippen LogP contribution in [0.3, 0.4) is 0 Å². The summed E-state index contributed by atoms with van der Waals surface area (Å²) in [5.41, 5.74) is 1.37. The van der Waals surface area contributed by atoms with Crippen molar-refractivity contribution >= 4 is 11.8 Å². The molecule has 1 aromatic heterocycles. The molecule has 0 N–H and O–H groups in total. The average molecular weight is 312 g/mol. The maximum Gasteiger partial charge on any atom is 0.101 e. The predicted octanol–water partition coefficient (Wildman–Crippen LogP) is 5.03. The summed E-state index contributed by atoms with van der Waals surface area (Å²) in [6.07, 6.45) is 4.64. The van der Waals surface area contributed by atoms with Gasteiger partial charge in [-0.15, -0.1) is 0 Å². The molecule has 1 aromatic carbocycles. The molecule has 3 heteroatoms. The summed E-state index contributed by atoms with van der Waals surface area (Å²) in [5.74, 6) is 0.724. The number of aromatic nitrogens is 1. The Labute approximate surface area is 138 Å². The molecule has 116 valence electrons. The Balaban J connectivity index is 1.68. The Morgan fingerprint density at radius 3 is 2.68 bits per heavy atom. The van der Waals surface area contributed by atoms with Crippen LogP contribution in [0, 0.1) is 5.92 Å². The summed E-state index contributed by atoms with van der Waals surface area (Å²) < 4.78 is 0. The third-order valence-electron chi connectivity index (χ3n) is 4.07. The van der Waals surface area contributed by atoms with Crippen LogP contribution in [0.5, 0.6) is 0 Å². The first-order valence-electron chi connectivity index (χ1n) is 8.15. The highest BCUT2D eigenvalue weighted by atomic mass is 32.2. The summed E-state index contributed by atoms with van der Waals surface area (Å²) in [5, 5.41) is 1.07. The lowest BCUT2D eigenvalue weighted by molar-refractivity contribution is 0.228. The lowest BCUT2D eigenvalue weighted by Gasteiger charge is -2.26. The molecule has 0 spiro atoms. The standard InChI is InChI=1S/C19H24N2S/c1-15(2)14-21-12-6-9-18(21)16-10-11-19(20-13-16)22-17-7-4-3-5-8-17/h3-5,7-8,10-11,13,15,18H,6,9,12,14H2,1-2H3. The summed E-state index contributed by atoms with van der Waals surface area (Å²) >= 11 is 1.73. The molecule has 1 fully saturated rings. The van der Waals surface area contributed by atoms with Crippen molar-refractivity contribution < 1.29 is 0 Å². The van der Waals surface area contributed by atoms with E-state index in [2.05, 4.69) is 66.3 Å². The molecule has 0 aliphatic carbocycles. The number of benzene rings is 1. The number of pyridine rings is 1. The van der Waals surface area contributed by atoms with Gasteiger partial charge >= 0.3 is 0 Å². The van der Waals surface area contributed by atoms with E-state index in [-0.39, 0.29) is 0 Å². The fourth-order valence-corrected chi connectivity index (χ4v) is 3.93. The molecule has 1 saturated heterocycles. The van der Waals surface area contributed by atoms with Gasteiger partial charge in [0, 0.05) is 23.7 Å². The van der Waals surface area contributed by atoms with E-state index in [4.69, 9.17) is 0 Å². The van der Waals surface area contributed by atoms with Crippen LogP contribution in [-0.4, -0.2) is 23.0 Å². The van der Waals surface area contributed by atoms with Gasteiger partial charge in [0.1, 0.15) is 5.03 Å². The van der Waals surface area contributed by atoms with Crippen LogP contribution in [0.2, 0.25) is 0 Å². The second kappa shape index (κ2) is 7.30. The smallest absolute Gasteiger partial charge is 0.101 e. The van der Waals surface area contributed by atoms with Crippen molar-refractivity contribution in [1.82, 2.24) is 9.88 Å². The maximum absolute atomic E-state index is 4.67. The van der Waals surface area contributed by atoms with Gasteiger partial charge in [-0.25, -0.2) is 4.98 Å². The van der Waals surface area contributed by atoms with E-state index in [1.165, 1.54) is 36.4 Å². The highest BCUT2D eigenvalue weighted by molar-refractivity contribution is 7.99. The first-order chi connectivity index (χ1) is 10.7. The van der Waals surface area contributed by atoms with Gasteiger partial charge in [0.15, 0.2) is 0 Å². The molecule has 1 atom stereocenters. The molecule has 1 aliphatic rings. The molecular weight excluding hydrogens is 288 g/mol. The number of likely N-dealkylation sites (tertiary alicyclic amines) is 1. The Kier molecular flexibility index (Phi) is 5.16. The lowest BCUT2D eigenvalue weighted by Crippen LogP contribution is -2.27. The Morgan fingerprint density at radius 1 is 1.18 bits per heavy atom. The number of hydrogen-bond acceptors (Lipinski definition) is 3. The van der Waals surface area contributed by atoms with Gasteiger partial charge in [-0.05, 0) is 49.1 Å². The third-order valence-corrected chi connectivity index (χ3v) is 5.03. The summed E-state index contributed by atoms with van der Waals surface area (Å²) in [6.45, 7) is 7.01. The summed E-state index contributed by atoms with van der Waals surface area (Å²) in [7, 11) is 0. The van der Waals surface area contributed by atoms with Crippen molar-refractivity contribution in [3.63, 3.8) is 0 Å². The molecule has 2 aromatic rings. The largest absolute Gasteiger partial charge is 0.296 e. The number of hydrogen-bond donors (Lipinski definition) is 0. The number of nitrogens with zero attached hydrogens (tertiary/aromatic N) is 2. The van der Waals surface area contributed by atoms with Crippen LogP contribution >= 0.6 is 11.8 Å². The highest BCUT2D eigenvalue weighted by Gasteiger charge is 2.26. The van der Waals surface area contributed by atoms with Crippen molar-refractivity contribution in [3.8, 4) is 0 Å². The fraction of sp³-hybridized carbons (Fsp3) is 0.421. The van der Waals surface area contributed by atoms with E-state index in [9.17, 15) is 0 Å². The van der Waals surface area contributed by atoms with Crippen LogP contribution in [-0.2, 0) is 0 Å². The van der Waals surface area contributed by atoms with Crippen molar-refractivity contribution in [2.75, 3.05) is 13.1 Å². The predicted molar refractivity (Wildman–Crippen MR) is 93.2 cm³/mol. The van der Waals surface area contributed by atoms with Gasteiger partial charge in [0.05, 0.1) is 0 Å². The van der Waals surface area contributed by atoms with Gasteiger partial charge in [0.2, 0.25) is 0 Å². The van der Waals surface area contributed by atoms with E-state index >= 15 is 0 Å². The Bertz CT molecular complexity index is 580. The van der Waals surface area contributed by atoms with Gasteiger partial charge < -0.3 is 0 Å².